The third-order valence-electron chi connectivity index (χ3n) is 2.99. The van der Waals surface area contributed by atoms with E-state index in [0.29, 0.717) is 0 Å². The molecule has 0 spiro atoms. The Kier molecular flexibility index (Phi) is 4.94. The quantitative estimate of drug-likeness (QED) is 0.864. The van der Waals surface area contributed by atoms with Crippen molar-refractivity contribution in [2.75, 3.05) is 16.9 Å². The summed E-state index contributed by atoms with van der Waals surface area (Å²) in [6.07, 6.45) is -6.24. The standard InChI is InChI=1S/C13H12F4N2O2S/c14-8-3-1-2-4-9(8)18-12(21)10-6-22-7-19(10)11(20)5-13(15,16)17/h1-4,10H,5-7H2,(H,18,21). The Labute approximate surface area is 127 Å². The van der Waals surface area contributed by atoms with E-state index in [9.17, 15) is 27.2 Å². The van der Waals surface area contributed by atoms with Crippen molar-refractivity contribution in [3.05, 3.63) is 30.1 Å². The number of carbonyl (C=O) groups excluding carboxylic acids is 2. The van der Waals surface area contributed by atoms with Gasteiger partial charge in [0.15, 0.2) is 0 Å². The first-order valence-electron chi connectivity index (χ1n) is 6.27. The lowest BCUT2D eigenvalue weighted by atomic mass is 10.2. The van der Waals surface area contributed by atoms with Crippen LogP contribution in [0.15, 0.2) is 24.3 Å². The molecule has 0 saturated carbocycles. The van der Waals surface area contributed by atoms with E-state index in [1.165, 1.54) is 30.0 Å². The number of nitrogens with one attached hydrogen (secondary N) is 1. The monoisotopic (exact) mass is 336 g/mol. The zero-order valence-electron chi connectivity index (χ0n) is 11.2. The summed E-state index contributed by atoms with van der Waals surface area (Å²) in [5.74, 6) is -2.35. The molecule has 2 amide bonds. The number of para-hydroxylation sites is 1. The average molecular weight is 336 g/mol. The number of carbonyl (C=O) groups is 2. The van der Waals surface area contributed by atoms with Gasteiger partial charge in [0.1, 0.15) is 18.3 Å². The van der Waals surface area contributed by atoms with Crippen LogP contribution in [0.4, 0.5) is 23.2 Å². The predicted molar refractivity (Wildman–Crippen MR) is 73.7 cm³/mol. The zero-order valence-corrected chi connectivity index (χ0v) is 12.0. The number of benzene rings is 1. The molecule has 1 unspecified atom stereocenters. The minimum atomic E-state index is -4.63. The minimum Gasteiger partial charge on any atom is -0.322 e. The van der Waals surface area contributed by atoms with Crippen molar-refractivity contribution in [1.29, 1.82) is 0 Å². The van der Waals surface area contributed by atoms with Gasteiger partial charge in [-0.15, -0.1) is 11.8 Å². The summed E-state index contributed by atoms with van der Waals surface area (Å²) in [6, 6.07) is 4.38. The van der Waals surface area contributed by atoms with E-state index in [1.807, 2.05) is 0 Å². The number of thioether (sulfide) groups is 1. The van der Waals surface area contributed by atoms with Crippen molar-refractivity contribution in [2.45, 2.75) is 18.6 Å². The largest absolute Gasteiger partial charge is 0.397 e. The van der Waals surface area contributed by atoms with Gasteiger partial charge in [-0.3, -0.25) is 9.59 Å². The van der Waals surface area contributed by atoms with E-state index in [1.54, 1.807) is 0 Å². The molecule has 0 aliphatic carbocycles. The van der Waals surface area contributed by atoms with Crippen molar-refractivity contribution in [1.82, 2.24) is 4.90 Å². The van der Waals surface area contributed by atoms with Crippen LogP contribution in [-0.4, -0.2) is 40.6 Å². The Morgan fingerprint density at radius 3 is 2.64 bits per heavy atom. The molecule has 1 saturated heterocycles. The Balaban J connectivity index is 2.05. The molecule has 120 valence electrons. The summed E-state index contributed by atoms with van der Waals surface area (Å²) in [7, 11) is 0. The van der Waals surface area contributed by atoms with E-state index in [-0.39, 0.29) is 17.3 Å². The highest BCUT2D eigenvalue weighted by Crippen LogP contribution is 2.27. The topological polar surface area (TPSA) is 49.4 Å². The second-order valence-electron chi connectivity index (χ2n) is 4.64. The molecule has 1 aliphatic rings. The number of halogens is 4. The average Bonchev–Trinajstić information content (AvgIpc) is 2.89. The fraction of sp³-hybridized carbons (Fsp3) is 0.385. The Morgan fingerprint density at radius 1 is 1.32 bits per heavy atom. The molecule has 0 radical (unpaired) electrons. The van der Waals surface area contributed by atoms with E-state index in [2.05, 4.69) is 5.32 Å². The van der Waals surface area contributed by atoms with Crippen molar-refractivity contribution in [3.63, 3.8) is 0 Å². The van der Waals surface area contributed by atoms with E-state index in [4.69, 9.17) is 0 Å². The van der Waals surface area contributed by atoms with Gasteiger partial charge < -0.3 is 10.2 Å². The Hall–Kier alpha value is -1.77. The maximum Gasteiger partial charge on any atom is 0.397 e. The third-order valence-corrected chi connectivity index (χ3v) is 4.00. The third kappa shape index (κ3) is 4.12. The molecule has 1 aliphatic heterocycles. The molecule has 0 bridgehead atoms. The van der Waals surface area contributed by atoms with Crippen LogP contribution in [0.3, 0.4) is 0 Å². The summed E-state index contributed by atoms with van der Waals surface area (Å²) in [5.41, 5.74) is -0.0763. The number of alkyl halides is 3. The van der Waals surface area contributed by atoms with Gasteiger partial charge >= 0.3 is 6.18 Å². The highest BCUT2D eigenvalue weighted by atomic mass is 32.2. The lowest BCUT2D eigenvalue weighted by Gasteiger charge is -2.23. The molecule has 1 N–H and O–H groups in total. The lowest BCUT2D eigenvalue weighted by molar-refractivity contribution is -0.162. The maximum atomic E-state index is 13.5. The van der Waals surface area contributed by atoms with Crippen LogP contribution in [0.5, 0.6) is 0 Å². The van der Waals surface area contributed by atoms with Gasteiger partial charge in [0.05, 0.1) is 11.6 Å². The van der Waals surface area contributed by atoms with Crippen molar-refractivity contribution in [3.8, 4) is 0 Å². The molecule has 0 aromatic heterocycles. The van der Waals surface area contributed by atoms with Crippen LogP contribution >= 0.6 is 11.8 Å². The van der Waals surface area contributed by atoms with E-state index >= 15 is 0 Å². The molecule has 2 rings (SSSR count). The van der Waals surface area contributed by atoms with Gasteiger partial charge in [-0.1, -0.05) is 12.1 Å². The lowest BCUT2D eigenvalue weighted by Crippen LogP contribution is -2.45. The van der Waals surface area contributed by atoms with Gasteiger partial charge in [0, 0.05) is 5.75 Å². The summed E-state index contributed by atoms with van der Waals surface area (Å²) >= 11 is 1.17. The first-order valence-corrected chi connectivity index (χ1v) is 7.43. The van der Waals surface area contributed by atoms with Crippen LogP contribution in [0, 0.1) is 5.82 Å². The maximum absolute atomic E-state index is 13.5. The number of rotatable bonds is 3. The van der Waals surface area contributed by atoms with E-state index < -0.39 is 36.3 Å². The van der Waals surface area contributed by atoms with E-state index in [0.717, 1.165) is 11.0 Å². The number of hydrogen-bond donors (Lipinski definition) is 1. The summed E-state index contributed by atoms with van der Waals surface area (Å²) in [6.45, 7) is 0. The number of hydrogen-bond acceptors (Lipinski definition) is 3. The predicted octanol–water partition coefficient (Wildman–Crippen LogP) is 2.62. The molecule has 9 heteroatoms. The normalized spacial score (nSPS) is 18.4. The number of anilines is 1. The Bertz CT molecular complexity index is 579. The first-order chi connectivity index (χ1) is 10.3. The van der Waals surface area contributed by atoms with Crippen molar-refractivity contribution < 1.29 is 27.2 Å². The molecule has 1 atom stereocenters. The van der Waals surface area contributed by atoms with Crippen LogP contribution in [-0.2, 0) is 9.59 Å². The molecular formula is C13H12F4N2O2S. The van der Waals surface area contributed by atoms with Crippen molar-refractivity contribution in [2.24, 2.45) is 0 Å². The molecule has 22 heavy (non-hydrogen) atoms. The SMILES string of the molecule is O=C(Nc1ccccc1F)C1CSCN1C(=O)CC(F)(F)F. The van der Waals surface area contributed by atoms with Crippen LogP contribution in [0.2, 0.25) is 0 Å². The van der Waals surface area contributed by atoms with Gasteiger partial charge in [-0.25, -0.2) is 4.39 Å². The van der Waals surface area contributed by atoms with Crippen LogP contribution < -0.4 is 5.32 Å². The second kappa shape index (κ2) is 6.55. The zero-order chi connectivity index (χ0) is 16.3. The fourth-order valence-corrected chi connectivity index (χ4v) is 3.14. The highest BCUT2D eigenvalue weighted by molar-refractivity contribution is 7.99. The highest BCUT2D eigenvalue weighted by Gasteiger charge is 2.40. The molecule has 1 heterocycles. The fourth-order valence-electron chi connectivity index (χ4n) is 1.96. The number of nitrogens with zero attached hydrogens (tertiary/aromatic N) is 1. The van der Waals surface area contributed by atoms with Gasteiger partial charge in [0.2, 0.25) is 11.8 Å². The van der Waals surface area contributed by atoms with Crippen LogP contribution in [0.1, 0.15) is 6.42 Å². The second-order valence-corrected chi connectivity index (χ2v) is 5.64. The smallest absolute Gasteiger partial charge is 0.322 e. The van der Waals surface area contributed by atoms with Gasteiger partial charge in [-0.2, -0.15) is 13.2 Å². The molecule has 4 nitrogen and oxygen atoms in total. The van der Waals surface area contributed by atoms with Gasteiger partial charge in [-0.05, 0) is 12.1 Å². The summed E-state index contributed by atoms with van der Waals surface area (Å²) < 4.78 is 50.3. The molecule has 1 aromatic carbocycles. The minimum absolute atomic E-state index is 0.00424. The first kappa shape index (κ1) is 16.6. The molecule has 1 fully saturated rings. The van der Waals surface area contributed by atoms with Gasteiger partial charge in [0.25, 0.3) is 0 Å². The Morgan fingerprint density at radius 2 is 2.00 bits per heavy atom. The number of amides is 2. The molecule has 1 aromatic rings. The molecular weight excluding hydrogens is 324 g/mol. The van der Waals surface area contributed by atoms with Crippen molar-refractivity contribution >= 4 is 29.3 Å². The summed E-state index contributed by atoms with van der Waals surface area (Å²) in [4.78, 5) is 24.6. The van der Waals surface area contributed by atoms with Crippen LogP contribution in [0.25, 0.3) is 0 Å². The summed E-state index contributed by atoms with van der Waals surface area (Å²) in [5, 5.41) is 2.30.